The fourth-order valence-corrected chi connectivity index (χ4v) is 4.30. The number of nitrogens with zero attached hydrogens (tertiary/aromatic N) is 2. The van der Waals surface area contributed by atoms with Crippen LogP contribution in [0.3, 0.4) is 0 Å². The number of urea groups is 1. The van der Waals surface area contributed by atoms with Crippen molar-refractivity contribution < 1.29 is 27.9 Å². The average molecular weight is 469 g/mol. The van der Waals surface area contributed by atoms with E-state index in [1.807, 2.05) is 0 Å². The molecule has 11 heteroatoms. The molecule has 32 heavy (non-hydrogen) atoms. The maximum Gasteiger partial charge on any atom is 0.326 e. The van der Waals surface area contributed by atoms with Gasteiger partial charge in [-0.3, -0.25) is 14.6 Å². The van der Waals surface area contributed by atoms with Gasteiger partial charge in [-0.1, -0.05) is 23.7 Å². The molecule has 2 aromatic carbocycles. The number of carbonyl (C=O) groups is 2. The fraction of sp³-hybridized carbons (Fsp3) is 0.333. The van der Waals surface area contributed by atoms with Gasteiger partial charge >= 0.3 is 12.0 Å². The second-order valence-electron chi connectivity index (χ2n) is 7.82. The largest absolute Gasteiger partial charge is 0.480 e. The third kappa shape index (κ3) is 4.46. The van der Waals surface area contributed by atoms with Gasteiger partial charge in [0.25, 0.3) is 5.92 Å². The summed E-state index contributed by atoms with van der Waals surface area (Å²) in [6.45, 7) is -0.556. The Kier molecular flexibility index (Phi) is 5.91. The lowest BCUT2D eigenvalue weighted by atomic mass is 10.1. The van der Waals surface area contributed by atoms with Crippen molar-refractivity contribution in [3.63, 3.8) is 0 Å². The first-order valence-electron chi connectivity index (χ1n) is 9.87. The van der Waals surface area contributed by atoms with Gasteiger partial charge in [0, 0.05) is 25.2 Å². The second-order valence-corrected chi connectivity index (χ2v) is 8.23. The van der Waals surface area contributed by atoms with Gasteiger partial charge in [-0.25, -0.2) is 18.0 Å². The Bertz CT molecular complexity index is 1050. The van der Waals surface area contributed by atoms with E-state index >= 15 is 0 Å². The molecule has 0 saturated carbocycles. The third-order valence-corrected chi connectivity index (χ3v) is 5.83. The van der Waals surface area contributed by atoms with Gasteiger partial charge in [-0.2, -0.15) is 0 Å². The monoisotopic (exact) mass is 468 g/mol. The molecule has 0 aliphatic carbocycles. The number of nitrogens with one attached hydrogen (secondary N) is 2. The topological polar surface area (TPSA) is 84.9 Å². The van der Waals surface area contributed by atoms with E-state index in [2.05, 4.69) is 10.6 Å². The zero-order chi connectivity index (χ0) is 23.0. The van der Waals surface area contributed by atoms with Gasteiger partial charge in [0.1, 0.15) is 11.9 Å². The summed E-state index contributed by atoms with van der Waals surface area (Å²) in [5.74, 6) is -5.09. The molecule has 0 aromatic heterocycles. The summed E-state index contributed by atoms with van der Waals surface area (Å²) in [4.78, 5) is 27.3. The van der Waals surface area contributed by atoms with Crippen LogP contribution < -0.4 is 15.5 Å². The second kappa shape index (κ2) is 8.51. The number of para-hydroxylation sites is 2. The Labute approximate surface area is 186 Å². The first-order valence-corrected chi connectivity index (χ1v) is 10.3. The molecule has 2 atom stereocenters. The third-order valence-electron chi connectivity index (χ3n) is 5.54. The van der Waals surface area contributed by atoms with Gasteiger partial charge in [0.2, 0.25) is 0 Å². The van der Waals surface area contributed by atoms with Crippen molar-refractivity contribution in [2.24, 2.45) is 0 Å². The summed E-state index contributed by atoms with van der Waals surface area (Å²) in [6, 6.07) is 8.13. The standard InChI is InChI=1S/C21H20ClF3N4O3/c22-14-7-12(5-6-15(14)23)27-20(32)29-13(9-26-16-3-1-2-4-17(16)29)10-28-11-21(24,25)8-18(28)19(30)31/h1-7,13,18,26H,8-11H2,(H,27,32)(H,30,31)/t13?,18-/m1/s1. The SMILES string of the molecule is O=C(O)[C@H]1CC(F)(F)CN1CC1CNc2ccccc2N1C(=O)Nc1ccc(F)c(Cl)c1. The molecule has 2 aliphatic heterocycles. The van der Waals surface area contributed by atoms with E-state index in [1.165, 1.54) is 21.9 Å². The molecule has 1 fully saturated rings. The number of fused-ring (bicyclic) bond motifs is 1. The Balaban J connectivity index is 1.62. The number of hydrogen-bond acceptors (Lipinski definition) is 4. The van der Waals surface area contributed by atoms with Crippen LogP contribution in [0.4, 0.5) is 35.0 Å². The summed E-state index contributed by atoms with van der Waals surface area (Å²) >= 11 is 5.80. The Morgan fingerprint density at radius 3 is 2.72 bits per heavy atom. The molecule has 3 N–H and O–H groups in total. The molecule has 2 aromatic rings. The van der Waals surface area contributed by atoms with Crippen LogP contribution in [0.1, 0.15) is 6.42 Å². The van der Waals surface area contributed by atoms with E-state index in [0.29, 0.717) is 11.4 Å². The van der Waals surface area contributed by atoms with Crippen molar-refractivity contribution in [2.75, 3.05) is 35.2 Å². The van der Waals surface area contributed by atoms with E-state index in [4.69, 9.17) is 11.6 Å². The summed E-state index contributed by atoms with van der Waals surface area (Å²) in [6.07, 6.45) is -0.778. The van der Waals surface area contributed by atoms with Crippen LogP contribution in [-0.2, 0) is 4.79 Å². The molecule has 4 rings (SSSR count). The number of alkyl halides is 2. The molecule has 7 nitrogen and oxygen atoms in total. The fourth-order valence-electron chi connectivity index (χ4n) is 4.12. The number of carboxylic acid groups (broad SMARTS) is 1. The highest BCUT2D eigenvalue weighted by Crippen LogP contribution is 2.36. The molecule has 2 aliphatic rings. The summed E-state index contributed by atoms with van der Waals surface area (Å²) in [5, 5.41) is 15.0. The van der Waals surface area contributed by atoms with E-state index in [-0.39, 0.29) is 23.8 Å². The number of amides is 2. The number of aliphatic carboxylic acids is 1. The molecule has 0 bridgehead atoms. The number of rotatable bonds is 4. The lowest BCUT2D eigenvalue weighted by Crippen LogP contribution is -2.55. The average Bonchev–Trinajstić information content (AvgIpc) is 3.05. The Morgan fingerprint density at radius 1 is 1.25 bits per heavy atom. The van der Waals surface area contributed by atoms with Crippen molar-refractivity contribution in [3.05, 3.63) is 53.3 Å². The summed E-state index contributed by atoms with van der Waals surface area (Å²) in [5.41, 5.74) is 1.43. The van der Waals surface area contributed by atoms with E-state index in [1.54, 1.807) is 24.3 Å². The van der Waals surface area contributed by atoms with Crippen molar-refractivity contribution in [3.8, 4) is 0 Å². The maximum atomic E-state index is 14.0. The molecule has 1 unspecified atom stereocenters. The van der Waals surface area contributed by atoms with E-state index in [9.17, 15) is 27.9 Å². The number of likely N-dealkylation sites (tertiary alicyclic amines) is 1. The smallest absolute Gasteiger partial charge is 0.326 e. The first-order chi connectivity index (χ1) is 15.1. The number of halogens is 4. The van der Waals surface area contributed by atoms with Gasteiger partial charge in [-0.05, 0) is 30.3 Å². The number of hydrogen-bond donors (Lipinski definition) is 3. The minimum atomic E-state index is -3.12. The lowest BCUT2D eigenvalue weighted by molar-refractivity contribution is -0.142. The number of carboxylic acids is 1. The van der Waals surface area contributed by atoms with E-state index in [0.717, 1.165) is 6.07 Å². The highest BCUT2D eigenvalue weighted by atomic mass is 35.5. The lowest BCUT2D eigenvalue weighted by Gasteiger charge is -2.40. The summed E-state index contributed by atoms with van der Waals surface area (Å²) < 4.78 is 41.4. The van der Waals surface area contributed by atoms with Crippen LogP contribution >= 0.6 is 11.6 Å². The minimum Gasteiger partial charge on any atom is -0.480 e. The highest BCUT2D eigenvalue weighted by Gasteiger charge is 2.49. The zero-order valence-electron chi connectivity index (χ0n) is 16.7. The molecule has 2 amide bonds. The van der Waals surface area contributed by atoms with Crippen molar-refractivity contribution in [1.29, 1.82) is 0 Å². The van der Waals surface area contributed by atoms with Crippen LogP contribution in [0.25, 0.3) is 0 Å². The number of anilines is 3. The molecule has 2 heterocycles. The van der Waals surface area contributed by atoms with Gasteiger partial charge in [-0.15, -0.1) is 0 Å². The predicted molar refractivity (Wildman–Crippen MR) is 114 cm³/mol. The van der Waals surface area contributed by atoms with Crippen LogP contribution in [0.2, 0.25) is 5.02 Å². The summed E-state index contributed by atoms with van der Waals surface area (Å²) in [7, 11) is 0. The van der Waals surface area contributed by atoms with Crippen LogP contribution in [0.5, 0.6) is 0 Å². The van der Waals surface area contributed by atoms with E-state index < -0.39 is 48.8 Å². The normalized spacial score (nSPS) is 22.2. The highest BCUT2D eigenvalue weighted by molar-refractivity contribution is 6.31. The Hall–Kier alpha value is -2.98. The molecule has 0 spiro atoms. The molecule has 1 saturated heterocycles. The van der Waals surface area contributed by atoms with Crippen molar-refractivity contribution in [2.45, 2.75) is 24.4 Å². The Morgan fingerprint density at radius 2 is 2.00 bits per heavy atom. The minimum absolute atomic E-state index is 0.0779. The van der Waals surface area contributed by atoms with Crippen LogP contribution in [-0.4, -0.2) is 59.6 Å². The zero-order valence-corrected chi connectivity index (χ0v) is 17.5. The van der Waals surface area contributed by atoms with Gasteiger partial charge in [0.05, 0.1) is 29.0 Å². The van der Waals surface area contributed by atoms with Gasteiger partial charge < -0.3 is 15.7 Å². The van der Waals surface area contributed by atoms with Crippen LogP contribution in [0, 0.1) is 5.82 Å². The maximum absolute atomic E-state index is 14.0. The van der Waals surface area contributed by atoms with Gasteiger partial charge in [0.15, 0.2) is 0 Å². The van der Waals surface area contributed by atoms with Crippen molar-refractivity contribution >= 4 is 40.7 Å². The molecular weight excluding hydrogens is 449 g/mol. The number of benzene rings is 2. The quantitative estimate of drug-likeness (QED) is 0.629. The molecule has 0 radical (unpaired) electrons. The van der Waals surface area contributed by atoms with Crippen molar-refractivity contribution in [1.82, 2.24) is 4.90 Å². The first kappa shape index (κ1) is 22.2. The van der Waals surface area contributed by atoms with Crippen LogP contribution in [0.15, 0.2) is 42.5 Å². The molecule has 170 valence electrons. The number of carbonyl (C=O) groups excluding carboxylic acids is 1. The predicted octanol–water partition coefficient (Wildman–Crippen LogP) is 4.11. The molecular formula is C21H20ClF3N4O3.